The molecule has 92 valence electrons. The molecule has 1 fully saturated rings. The lowest BCUT2D eigenvalue weighted by Gasteiger charge is -2.15. The standard InChI is InChI=1S/C13H16O4/c1-15-11-5-4-9(10-6-8(10)7-14)12(16-2)13(11)17-3/h4-5,7-8,10H,6H2,1-3H3/t8-,10-/m0/s1. The van der Waals surface area contributed by atoms with Gasteiger partial charge in [-0.1, -0.05) is 6.07 Å². The van der Waals surface area contributed by atoms with Crippen LogP contribution in [0.1, 0.15) is 17.9 Å². The van der Waals surface area contributed by atoms with Gasteiger partial charge in [0.1, 0.15) is 6.29 Å². The molecule has 0 radical (unpaired) electrons. The summed E-state index contributed by atoms with van der Waals surface area (Å²) in [6.07, 6.45) is 1.89. The highest BCUT2D eigenvalue weighted by atomic mass is 16.5. The van der Waals surface area contributed by atoms with Gasteiger partial charge in [0.25, 0.3) is 0 Å². The predicted octanol–water partition coefficient (Wildman–Crippen LogP) is 2.01. The summed E-state index contributed by atoms with van der Waals surface area (Å²) in [5.41, 5.74) is 1.02. The Labute approximate surface area is 100 Å². The smallest absolute Gasteiger partial charge is 0.203 e. The fourth-order valence-corrected chi connectivity index (χ4v) is 2.14. The molecule has 4 heteroatoms. The van der Waals surface area contributed by atoms with Crippen LogP contribution in [-0.2, 0) is 4.79 Å². The Balaban J connectivity index is 2.43. The molecular formula is C13H16O4. The molecule has 0 amide bonds. The molecule has 1 saturated carbocycles. The molecule has 1 aliphatic carbocycles. The van der Waals surface area contributed by atoms with Crippen LogP contribution >= 0.6 is 0 Å². The van der Waals surface area contributed by atoms with Gasteiger partial charge in [-0.05, 0) is 18.4 Å². The van der Waals surface area contributed by atoms with Crippen molar-refractivity contribution in [3.8, 4) is 17.2 Å². The van der Waals surface area contributed by atoms with Crippen LogP contribution in [0.2, 0.25) is 0 Å². The maximum atomic E-state index is 10.7. The molecule has 4 nitrogen and oxygen atoms in total. The van der Waals surface area contributed by atoms with E-state index >= 15 is 0 Å². The van der Waals surface area contributed by atoms with Crippen molar-refractivity contribution in [1.29, 1.82) is 0 Å². The number of carbonyl (C=O) groups excluding carboxylic acids is 1. The van der Waals surface area contributed by atoms with Crippen LogP contribution in [-0.4, -0.2) is 27.6 Å². The van der Waals surface area contributed by atoms with E-state index in [0.29, 0.717) is 17.2 Å². The van der Waals surface area contributed by atoms with Crippen LogP contribution in [0.4, 0.5) is 0 Å². The van der Waals surface area contributed by atoms with E-state index in [1.807, 2.05) is 12.1 Å². The van der Waals surface area contributed by atoms with E-state index in [4.69, 9.17) is 14.2 Å². The van der Waals surface area contributed by atoms with Crippen molar-refractivity contribution >= 4 is 6.29 Å². The van der Waals surface area contributed by atoms with Crippen molar-refractivity contribution in [2.75, 3.05) is 21.3 Å². The topological polar surface area (TPSA) is 44.8 Å². The summed E-state index contributed by atoms with van der Waals surface area (Å²) < 4.78 is 15.9. The van der Waals surface area contributed by atoms with E-state index in [2.05, 4.69) is 0 Å². The van der Waals surface area contributed by atoms with Crippen LogP contribution in [0.25, 0.3) is 0 Å². The molecule has 17 heavy (non-hydrogen) atoms. The molecule has 0 heterocycles. The number of aldehydes is 1. The van der Waals surface area contributed by atoms with Crippen molar-refractivity contribution in [3.63, 3.8) is 0 Å². The first kappa shape index (κ1) is 11.8. The van der Waals surface area contributed by atoms with Gasteiger partial charge in [0.15, 0.2) is 11.5 Å². The van der Waals surface area contributed by atoms with E-state index in [-0.39, 0.29) is 11.8 Å². The number of hydrogen-bond donors (Lipinski definition) is 0. The fourth-order valence-electron chi connectivity index (χ4n) is 2.14. The monoisotopic (exact) mass is 236 g/mol. The molecule has 0 aromatic heterocycles. The van der Waals surface area contributed by atoms with Gasteiger partial charge >= 0.3 is 0 Å². The average Bonchev–Trinajstić information content (AvgIpc) is 3.15. The van der Waals surface area contributed by atoms with E-state index in [0.717, 1.165) is 18.3 Å². The van der Waals surface area contributed by atoms with Crippen molar-refractivity contribution in [1.82, 2.24) is 0 Å². The summed E-state index contributed by atoms with van der Waals surface area (Å²) in [4.78, 5) is 10.7. The Kier molecular flexibility index (Phi) is 3.22. The zero-order valence-corrected chi connectivity index (χ0v) is 10.2. The van der Waals surface area contributed by atoms with Gasteiger partial charge < -0.3 is 19.0 Å². The summed E-state index contributed by atoms with van der Waals surface area (Å²) in [7, 11) is 4.76. The second kappa shape index (κ2) is 4.65. The molecule has 2 atom stereocenters. The lowest BCUT2D eigenvalue weighted by atomic mass is 10.1. The molecule has 2 rings (SSSR count). The first-order chi connectivity index (χ1) is 8.26. The molecule has 0 unspecified atom stereocenters. The Hall–Kier alpha value is -1.71. The van der Waals surface area contributed by atoms with E-state index in [9.17, 15) is 4.79 Å². The molecular weight excluding hydrogens is 220 g/mol. The molecule has 1 aliphatic rings. The minimum atomic E-state index is 0.113. The van der Waals surface area contributed by atoms with Gasteiger partial charge in [0.2, 0.25) is 5.75 Å². The molecule has 0 bridgehead atoms. The van der Waals surface area contributed by atoms with Crippen molar-refractivity contribution in [2.45, 2.75) is 12.3 Å². The second-order valence-corrected chi connectivity index (χ2v) is 4.07. The Morgan fingerprint density at radius 3 is 2.29 bits per heavy atom. The third-order valence-corrected chi connectivity index (χ3v) is 3.15. The van der Waals surface area contributed by atoms with E-state index in [1.54, 1.807) is 21.3 Å². The number of methoxy groups -OCH3 is 3. The molecule has 0 spiro atoms. The summed E-state index contributed by atoms with van der Waals surface area (Å²) in [5.74, 6) is 2.26. The zero-order valence-electron chi connectivity index (χ0n) is 10.2. The van der Waals surface area contributed by atoms with Gasteiger partial charge in [0.05, 0.1) is 21.3 Å². The molecule has 0 aliphatic heterocycles. The minimum Gasteiger partial charge on any atom is -0.493 e. The molecule has 1 aromatic rings. The van der Waals surface area contributed by atoms with Crippen LogP contribution in [0.15, 0.2) is 12.1 Å². The van der Waals surface area contributed by atoms with Gasteiger partial charge in [-0.25, -0.2) is 0 Å². The number of rotatable bonds is 5. The lowest BCUT2D eigenvalue weighted by molar-refractivity contribution is -0.108. The quantitative estimate of drug-likeness (QED) is 0.734. The fraction of sp³-hybridized carbons (Fsp3) is 0.462. The van der Waals surface area contributed by atoms with Crippen LogP contribution in [0.3, 0.4) is 0 Å². The summed E-state index contributed by atoms with van der Waals surface area (Å²) >= 11 is 0. The molecule has 1 aromatic carbocycles. The van der Waals surface area contributed by atoms with Crippen LogP contribution in [0.5, 0.6) is 17.2 Å². The highest BCUT2D eigenvalue weighted by Gasteiger charge is 2.40. The van der Waals surface area contributed by atoms with Crippen LogP contribution < -0.4 is 14.2 Å². The number of benzene rings is 1. The predicted molar refractivity (Wildman–Crippen MR) is 63.0 cm³/mol. The van der Waals surface area contributed by atoms with E-state index < -0.39 is 0 Å². The van der Waals surface area contributed by atoms with E-state index in [1.165, 1.54) is 0 Å². The number of ether oxygens (including phenoxy) is 3. The van der Waals surface area contributed by atoms with Crippen molar-refractivity contribution in [2.24, 2.45) is 5.92 Å². The van der Waals surface area contributed by atoms with Crippen LogP contribution in [0, 0.1) is 5.92 Å². The second-order valence-electron chi connectivity index (χ2n) is 4.07. The number of hydrogen-bond acceptors (Lipinski definition) is 4. The third-order valence-electron chi connectivity index (χ3n) is 3.15. The highest BCUT2D eigenvalue weighted by molar-refractivity contribution is 5.65. The highest BCUT2D eigenvalue weighted by Crippen LogP contribution is 2.53. The summed E-state index contributed by atoms with van der Waals surface area (Å²) in [6, 6.07) is 3.78. The summed E-state index contributed by atoms with van der Waals surface area (Å²) in [6.45, 7) is 0. The normalized spacial score (nSPS) is 21.8. The van der Waals surface area contributed by atoms with Gasteiger partial charge in [-0.15, -0.1) is 0 Å². The SMILES string of the molecule is COc1ccc([C@H]2C[C@H]2C=O)c(OC)c1OC. The molecule has 0 N–H and O–H groups in total. The first-order valence-corrected chi connectivity index (χ1v) is 5.51. The third kappa shape index (κ3) is 1.95. The van der Waals surface area contributed by atoms with Gasteiger partial charge in [-0.3, -0.25) is 0 Å². The summed E-state index contributed by atoms with van der Waals surface area (Å²) in [5, 5.41) is 0. The van der Waals surface area contributed by atoms with Gasteiger partial charge in [0, 0.05) is 11.5 Å². The average molecular weight is 236 g/mol. The Morgan fingerprint density at radius 2 is 1.82 bits per heavy atom. The lowest BCUT2D eigenvalue weighted by Crippen LogP contribution is -1.98. The maximum Gasteiger partial charge on any atom is 0.203 e. The largest absolute Gasteiger partial charge is 0.493 e. The minimum absolute atomic E-state index is 0.113. The van der Waals surface area contributed by atoms with Gasteiger partial charge in [-0.2, -0.15) is 0 Å². The van der Waals surface area contributed by atoms with Crippen molar-refractivity contribution < 1.29 is 19.0 Å². The number of carbonyl (C=O) groups is 1. The van der Waals surface area contributed by atoms with Crippen molar-refractivity contribution in [3.05, 3.63) is 17.7 Å². The Morgan fingerprint density at radius 1 is 1.12 bits per heavy atom. The zero-order chi connectivity index (χ0) is 12.4. The Bertz CT molecular complexity index is 428. The maximum absolute atomic E-state index is 10.7. The molecule has 0 saturated heterocycles. The first-order valence-electron chi connectivity index (χ1n) is 5.51.